The number of aryl methyl sites for hydroxylation is 1. The number of ether oxygens (including phenoxy) is 1. The van der Waals surface area contributed by atoms with E-state index < -0.39 is 12.3 Å². The number of carbonyl (C=O) groups excluding carboxylic acids is 2. The van der Waals surface area contributed by atoms with Crippen LogP contribution in [-0.2, 0) is 23.5 Å². The zero-order valence-corrected chi connectivity index (χ0v) is 20.3. The number of anilines is 1. The van der Waals surface area contributed by atoms with Crippen molar-refractivity contribution in [2.75, 3.05) is 26.0 Å². The number of halogens is 3. The summed E-state index contributed by atoms with van der Waals surface area (Å²) in [5, 5.41) is 0.359. The molecule has 2 heterocycles. The molecule has 0 unspecified atom stereocenters. The van der Waals surface area contributed by atoms with Gasteiger partial charge in [-0.05, 0) is 24.1 Å². The predicted molar refractivity (Wildman–Crippen MR) is 122 cm³/mol. The molecule has 2 amide bonds. The average molecular weight is 512 g/mol. The van der Waals surface area contributed by atoms with Gasteiger partial charge in [-0.1, -0.05) is 30.8 Å². The molecule has 0 atom stereocenters. The lowest BCUT2D eigenvalue weighted by molar-refractivity contribution is -0.274. The van der Waals surface area contributed by atoms with Crippen molar-refractivity contribution in [1.29, 1.82) is 0 Å². The van der Waals surface area contributed by atoms with E-state index in [2.05, 4.69) is 14.7 Å². The van der Waals surface area contributed by atoms with Crippen molar-refractivity contribution in [3.63, 3.8) is 0 Å². The van der Waals surface area contributed by atoms with Gasteiger partial charge in [0.2, 0.25) is 12.3 Å². The molecule has 13 heteroatoms. The first-order chi connectivity index (χ1) is 16.5. The van der Waals surface area contributed by atoms with Gasteiger partial charge in [-0.15, -0.1) is 13.2 Å². The third-order valence-corrected chi connectivity index (χ3v) is 5.74. The lowest BCUT2D eigenvalue weighted by Crippen LogP contribution is -2.28. The Morgan fingerprint density at radius 1 is 1.26 bits per heavy atom. The monoisotopic (exact) mass is 511 g/mol. The minimum Gasteiger partial charge on any atom is -0.448 e. The number of benzene rings is 1. The summed E-state index contributed by atoms with van der Waals surface area (Å²) in [6.07, 6.45) is -2.06. The molecule has 0 saturated carbocycles. The maximum Gasteiger partial charge on any atom is 0.573 e. The van der Waals surface area contributed by atoms with Gasteiger partial charge in [-0.25, -0.2) is 9.97 Å². The molecular formula is C22H24F3N5O4S. The molecule has 0 saturated heterocycles. The summed E-state index contributed by atoms with van der Waals surface area (Å²) >= 11 is 1.22. The smallest absolute Gasteiger partial charge is 0.448 e. The van der Waals surface area contributed by atoms with Gasteiger partial charge in [0.1, 0.15) is 12.0 Å². The van der Waals surface area contributed by atoms with Crippen LogP contribution < -0.4 is 9.64 Å². The lowest BCUT2D eigenvalue weighted by atomic mass is 10.2. The highest BCUT2D eigenvalue weighted by atomic mass is 32.2. The Morgan fingerprint density at radius 3 is 2.60 bits per heavy atom. The van der Waals surface area contributed by atoms with Crippen molar-refractivity contribution < 1.29 is 31.9 Å². The van der Waals surface area contributed by atoms with E-state index in [9.17, 15) is 22.8 Å². The third-order valence-electron chi connectivity index (χ3n) is 4.77. The topological polar surface area (TPSA) is 93.7 Å². The number of amides is 2. The van der Waals surface area contributed by atoms with Gasteiger partial charge in [0.25, 0.3) is 5.91 Å². The number of oxazole rings is 1. The Labute approximate surface area is 203 Å². The highest BCUT2D eigenvalue weighted by molar-refractivity contribution is 7.98. The zero-order chi connectivity index (χ0) is 25.8. The van der Waals surface area contributed by atoms with Crippen LogP contribution in [0.25, 0.3) is 0 Å². The zero-order valence-electron chi connectivity index (χ0n) is 19.5. The molecule has 3 rings (SSSR count). The lowest BCUT2D eigenvalue weighted by Gasteiger charge is -2.17. The second-order valence-electron chi connectivity index (χ2n) is 7.64. The van der Waals surface area contributed by atoms with Gasteiger partial charge in [0, 0.05) is 21.1 Å². The molecule has 0 spiro atoms. The van der Waals surface area contributed by atoms with Crippen LogP contribution in [0.3, 0.4) is 0 Å². The first-order valence-electron chi connectivity index (χ1n) is 10.4. The summed E-state index contributed by atoms with van der Waals surface area (Å²) in [6, 6.07) is 5.44. The summed E-state index contributed by atoms with van der Waals surface area (Å²) in [5.41, 5.74) is 1.33. The number of hydrogen-bond acceptors (Lipinski definition) is 7. The van der Waals surface area contributed by atoms with E-state index in [1.54, 1.807) is 31.0 Å². The van der Waals surface area contributed by atoms with Gasteiger partial charge in [0.15, 0.2) is 16.7 Å². The average Bonchev–Trinajstić information content (AvgIpc) is 3.40. The quantitative estimate of drug-likeness (QED) is 0.300. The van der Waals surface area contributed by atoms with Crippen molar-refractivity contribution in [3.05, 3.63) is 53.4 Å². The Kier molecular flexibility index (Phi) is 8.10. The number of nitrogens with zero attached hydrogens (tertiary/aromatic N) is 5. The minimum absolute atomic E-state index is 0.00219. The van der Waals surface area contributed by atoms with Crippen molar-refractivity contribution in [2.45, 2.75) is 37.2 Å². The fraction of sp³-hybridized carbons (Fsp3) is 0.364. The summed E-state index contributed by atoms with van der Waals surface area (Å²) in [7, 11) is 4.56. The maximum absolute atomic E-state index is 13.1. The summed E-state index contributed by atoms with van der Waals surface area (Å²) in [5.74, 6) is 0.0361. The second-order valence-corrected chi connectivity index (χ2v) is 8.58. The summed E-state index contributed by atoms with van der Waals surface area (Å²) in [6.45, 7) is 1.94. The van der Waals surface area contributed by atoms with Gasteiger partial charge < -0.3 is 23.5 Å². The fourth-order valence-corrected chi connectivity index (χ4v) is 3.97. The maximum atomic E-state index is 13.1. The second kappa shape index (κ2) is 10.8. The molecule has 0 bridgehead atoms. The van der Waals surface area contributed by atoms with Crippen molar-refractivity contribution in [3.8, 4) is 5.75 Å². The Morgan fingerprint density at radius 2 is 2.00 bits per heavy atom. The van der Waals surface area contributed by atoms with Gasteiger partial charge >= 0.3 is 6.36 Å². The highest BCUT2D eigenvalue weighted by Gasteiger charge is 2.31. The van der Waals surface area contributed by atoms with E-state index in [-0.39, 0.29) is 29.6 Å². The molecule has 35 heavy (non-hydrogen) atoms. The van der Waals surface area contributed by atoms with Crippen molar-refractivity contribution >= 4 is 29.9 Å². The first-order valence-corrected chi connectivity index (χ1v) is 11.4. The fourth-order valence-electron chi connectivity index (χ4n) is 3.12. The molecule has 0 fully saturated rings. The third kappa shape index (κ3) is 6.56. The van der Waals surface area contributed by atoms with Crippen LogP contribution in [0, 0.1) is 0 Å². The molecule has 0 radical (unpaired) electrons. The predicted octanol–water partition coefficient (Wildman–Crippen LogP) is 3.97. The molecule has 2 aromatic heterocycles. The van der Waals surface area contributed by atoms with Crippen molar-refractivity contribution in [1.82, 2.24) is 19.4 Å². The molecule has 0 aliphatic rings. The Bertz CT molecular complexity index is 1190. The van der Waals surface area contributed by atoms with Gasteiger partial charge in [-0.2, -0.15) is 0 Å². The molecular weight excluding hydrogens is 487 g/mol. The molecule has 0 aliphatic heterocycles. The first kappa shape index (κ1) is 26.1. The number of hydrogen-bond donors (Lipinski definition) is 0. The number of thioether (sulfide) groups is 1. The number of alkyl halides is 3. The SMILES string of the molecule is CCc1coc(CSc2nc(N(C)C=O)c(C(=O)N(C)C)n2Cc2cccc(OC(F)(F)F)c2)n1. The van der Waals surface area contributed by atoms with Crippen LogP contribution in [0.15, 0.2) is 40.1 Å². The number of carbonyl (C=O) groups is 2. The molecule has 3 aromatic rings. The van der Waals surface area contributed by atoms with Crippen LogP contribution in [0.1, 0.15) is 34.6 Å². The molecule has 0 N–H and O–H groups in total. The standard InChI is InChI=1S/C22H24F3N5O4S/c1-5-15-11-33-17(26-15)12-35-21-27-19(29(4)13-31)18(20(32)28(2)3)30(21)10-14-7-6-8-16(9-14)34-22(23,24)25/h6-9,11,13H,5,10,12H2,1-4H3. The summed E-state index contributed by atoms with van der Waals surface area (Å²) in [4.78, 5) is 36.0. The Hall–Kier alpha value is -3.48. The van der Waals surface area contributed by atoms with Crippen LogP contribution in [0.4, 0.5) is 19.0 Å². The number of imidazole rings is 1. The van der Waals surface area contributed by atoms with E-state index in [1.807, 2.05) is 6.92 Å². The molecule has 1 aromatic carbocycles. The molecule has 0 aliphatic carbocycles. The molecule has 188 valence electrons. The van der Waals surface area contributed by atoms with E-state index >= 15 is 0 Å². The van der Waals surface area contributed by atoms with Crippen LogP contribution in [0.2, 0.25) is 0 Å². The van der Waals surface area contributed by atoms with Gasteiger partial charge in [0.05, 0.1) is 18.0 Å². The minimum atomic E-state index is -4.84. The number of aromatic nitrogens is 3. The van der Waals surface area contributed by atoms with Crippen molar-refractivity contribution in [2.24, 2.45) is 0 Å². The van der Waals surface area contributed by atoms with Gasteiger partial charge in [-0.3, -0.25) is 9.59 Å². The normalized spacial score (nSPS) is 11.4. The highest BCUT2D eigenvalue weighted by Crippen LogP contribution is 2.31. The van der Waals surface area contributed by atoms with E-state index in [0.29, 0.717) is 29.4 Å². The van der Waals surface area contributed by atoms with E-state index in [0.717, 1.165) is 5.69 Å². The summed E-state index contributed by atoms with van der Waals surface area (Å²) < 4.78 is 49.1. The van der Waals surface area contributed by atoms with E-state index in [1.165, 1.54) is 46.8 Å². The van der Waals surface area contributed by atoms with Crippen LogP contribution in [-0.4, -0.2) is 59.3 Å². The number of rotatable bonds is 10. The molecule has 9 nitrogen and oxygen atoms in total. The Balaban J connectivity index is 2.04. The van der Waals surface area contributed by atoms with Crippen LogP contribution >= 0.6 is 11.8 Å². The van der Waals surface area contributed by atoms with E-state index in [4.69, 9.17) is 4.42 Å². The van der Waals surface area contributed by atoms with Crippen LogP contribution in [0.5, 0.6) is 5.75 Å². The largest absolute Gasteiger partial charge is 0.573 e.